The van der Waals surface area contributed by atoms with Crippen molar-refractivity contribution in [3.8, 4) is 0 Å². The van der Waals surface area contributed by atoms with Crippen LogP contribution in [0.2, 0.25) is 0 Å². The van der Waals surface area contributed by atoms with E-state index in [-0.39, 0.29) is 16.5 Å². The molecule has 4 N–H and O–H groups in total. The quantitative estimate of drug-likeness (QED) is 0.210. The summed E-state index contributed by atoms with van der Waals surface area (Å²) < 4.78 is 36.4. The maximum atomic E-state index is 10.3. The van der Waals surface area contributed by atoms with Crippen LogP contribution in [0.3, 0.4) is 0 Å². The van der Waals surface area contributed by atoms with Gasteiger partial charge in [0.25, 0.3) is 0 Å². The molecule has 206 valence electrons. The summed E-state index contributed by atoms with van der Waals surface area (Å²) in [7, 11) is -11.6. The molecule has 0 aliphatic carbocycles. The third kappa shape index (κ3) is 6.56. The Hall–Kier alpha value is -0.370. The molecule has 1 rings (SSSR count). The summed E-state index contributed by atoms with van der Waals surface area (Å²) in [5.41, 5.74) is 3.38. The maximum Gasteiger partial charge on any atom is 0.705 e. The van der Waals surface area contributed by atoms with E-state index in [0.29, 0.717) is 35.5 Å². The molecule has 0 radical (unpaired) electrons. The standard InChI is InChI=1S/C21H43N3.HO8P3/c1-13(2)19(14(3)4)20(15(5)6,16(7)8)22-24-23-21(19,17(9)10)18(11)12;1-9(2)7-11(5,6)8-10(3)4/h13-18H,1-12H3,(H,22,23);(H-2,1,2,3,4,5,6)/p+2. The predicted molar refractivity (Wildman–Crippen MR) is 137 cm³/mol. The molecule has 0 bridgehead atoms. The zero-order valence-electron chi connectivity index (χ0n) is 23.1. The van der Waals surface area contributed by atoms with Crippen molar-refractivity contribution >= 4 is 24.3 Å². The molecular weight excluding hydrogens is 515 g/mol. The van der Waals surface area contributed by atoms with Crippen molar-refractivity contribution in [3.63, 3.8) is 0 Å². The minimum Gasteiger partial charge on any atom is -0.297 e. The van der Waals surface area contributed by atoms with Gasteiger partial charge in [-0.25, -0.2) is 4.57 Å². The molecule has 0 aromatic carbocycles. The fourth-order valence-corrected chi connectivity index (χ4v) is 8.97. The zero-order chi connectivity index (χ0) is 28.2. The van der Waals surface area contributed by atoms with Crippen LogP contribution in [0.5, 0.6) is 0 Å². The summed E-state index contributed by atoms with van der Waals surface area (Å²) in [4.78, 5) is 24.1. The first-order valence-electron chi connectivity index (χ1n) is 11.9. The van der Waals surface area contributed by atoms with Crippen molar-refractivity contribution in [2.45, 2.75) is 94.2 Å². The molecule has 14 heteroatoms. The number of hydrogen-bond acceptors (Lipinski definition) is 8. The van der Waals surface area contributed by atoms with Gasteiger partial charge in [0.15, 0.2) is 0 Å². The summed E-state index contributed by atoms with van der Waals surface area (Å²) in [6.07, 6.45) is 0. The average molecular weight is 562 g/mol. The van der Waals surface area contributed by atoms with Crippen LogP contribution in [0.25, 0.3) is 0 Å². The van der Waals surface area contributed by atoms with Crippen LogP contribution < -0.4 is 5.43 Å². The summed E-state index contributed by atoms with van der Waals surface area (Å²) in [5, 5.41) is 9.63. The van der Waals surface area contributed by atoms with Gasteiger partial charge >= 0.3 is 24.3 Å². The largest absolute Gasteiger partial charge is 0.705 e. The van der Waals surface area contributed by atoms with Gasteiger partial charge in [0, 0.05) is 23.2 Å². The fraction of sp³-hybridized carbons (Fsp3) is 1.00. The Morgan fingerprint density at radius 3 is 1.29 bits per heavy atom. The van der Waals surface area contributed by atoms with E-state index in [2.05, 4.69) is 102 Å². The van der Waals surface area contributed by atoms with Crippen LogP contribution in [-0.4, -0.2) is 25.8 Å². The molecular formula is C21H46N3O8P3+2. The lowest BCUT2D eigenvalue weighted by Crippen LogP contribution is -2.78. The molecule has 1 aliphatic heterocycles. The van der Waals surface area contributed by atoms with E-state index in [1.165, 1.54) is 0 Å². The zero-order valence-corrected chi connectivity index (χ0v) is 25.8. The molecule has 11 nitrogen and oxygen atoms in total. The van der Waals surface area contributed by atoms with Crippen LogP contribution in [-0.2, 0) is 22.3 Å². The molecule has 2 atom stereocenters. The number of phosphoric acid groups is 1. The van der Waals surface area contributed by atoms with Crippen molar-refractivity contribution < 1.29 is 37.0 Å². The molecule has 2 unspecified atom stereocenters. The Labute approximate surface area is 212 Å². The lowest BCUT2D eigenvalue weighted by atomic mass is 9.40. The molecule has 35 heavy (non-hydrogen) atoms. The smallest absolute Gasteiger partial charge is 0.297 e. The third-order valence-electron chi connectivity index (χ3n) is 7.55. The molecule has 0 aromatic rings. The first kappa shape index (κ1) is 34.6. The molecule has 0 amide bonds. The SMILES string of the molecule is CC(C)C1(C(C)C)N=NNC(C(C)C)(C(C)C)C1(C(C)C)C(C)C.O=[P+](O)OP(=O)(O)O[P+](=O)O. The van der Waals surface area contributed by atoms with Gasteiger partial charge in [-0.05, 0) is 35.5 Å². The summed E-state index contributed by atoms with van der Waals surface area (Å²) in [6.45, 7) is 28.4. The molecule has 0 spiro atoms. The monoisotopic (exact) mass is 561 g/mol. The van der Waals surface area contributed by atoms with E-state index in [0.717, 1.165) is 0 Å². The molecule has 0 saturated carbocycles. The first-order valence-corrected chi connectivity index (χ1v) is 15.7. The van der Waals surface area contributed by atoms with Gasteiger partial charge in [0.1, 0.15) is 0 Å². The minimum absolute atomic E-state index is 0.0203. The Kier molecular flexibility index (Phi) is 12.8. The second-order valence-electron chi connectivity index (χ2n) is 10.9. The van der Waals surface area contributed by atoms with Gasteiger partial charge < -0.3 is 0 Å². The highest BCUT2D eigenvalue weighted by molar-refractivity contribution is 7.60. The van der Waals surface area contributed by atoms with Gasteiger partial charge in [-0.15, -0.1) is 9.79 Å². The van der Waals surface area contributed by atoms with Gasteiger partial charge in [-0.2, -0.15) is 5.11 Å². The van der Waals surface area contributed by atoms with Crippen molar-refractivity contribution in [2.24, 2.45) is 51.3 Å². The first-order chi connectivity index (χ1) is 15.7. The van der Waals surface area contributed by atoms with Crippen LogP contribution in [0.15, 0.2) is 10.3 Å². The number of rotatable bonds is 10. The van der Waals surface area contributed by atoms with Crippen LogP contribution >= 0.6 is 24.3 Å². The molecule has 0 fully saturated rings. The van der Waals surface area contributed by atoms with E-state index in [1.54, 1.807) is 0 Å². The Balaban J connectivity index is 0.000000883. The van der Waals surface area contributed by atoms with Crippen molar-refractivity contribution in [2.75, 3.05) is 0 Å². The number of nitrogens with one attached hydrogen (secondary N) is 1. The van der Waals surface area contributed by atoms with E-state index in [9.17, 15) is 13.7 Å². The van der Waals surface area contributed by atoms with Crippen LogP contribution in [0, 0.1) is 40.9 Å². The lowest BCUT2D eigenvalue weighted by molar-refractivity contribution is -0.174. The van der Waals surface area contributed by atoms with E-state index >= 15 is 0 Å². The summed E-state index contributed by atoms with van der Waals surface area (Å²) in [5.74, 6) is 2.81. The Morgan fingerprint density at radius 2 is 1.06 bits per heavy atom. The number of nitrogens with zero attached hydrogens (tertiary/aromatic N) is 2. The normalized spacial score (nSPS) is 21.2. The van der Waals surface area contributed by atoms with Crippen molar-refractivity contribution in [1.82, 2.24) is 5.43 Å². The highest BCUT2D eigenvalue weighted by Gasteiger charge is 2.71. The van der Waals surface area contributed by atoms with Crippen LogP contribution in [0.4, 0.5) is 0 Å². The van der Waals surface area contributed by atoms with Crippen molar-refractivity contribution in [3.05, 3.63) is 0 Å². The highest BCUT2D eigenvalue weighted by atomic mass is 31.3. The molecule has 1 heterocycles. The molecule has 1 aliphatic rings. The lowest BCUT2D eigenvalue weighted by Gasteiger charge is -2.69. The van der Waals surface area contributed by atoms with Gasteiger partial charge in [0.2, 0.25) is 0 Å². The molecule has 0 saturated heterocycles. The second-order valence-corrected chi connectivity index (χ2v) is 14.1. The average Bonchev–Trinajstić information content (AvgIpc) is 2.63. The van der Waals surface area contributed by atoms with E-state index in [1.807, 2.05) is 0 Å². The fourth-order valence-electron chi connectivity index (χ4n) is 7.17. The van der Waals surface area contributed by atoms with Crippen molar-refractivity contribution in [1.29, 1.82) is 0 Å². The minimum atomic E-state index is -4.87. The Bertz CT molecular complexity index is 772. The van der Waals surface area contributed by atoms with Crippen LogP contribution in [0.1, 0.15) is 83.1 Å². The maximum absolute atomic E-state index is 10.3. The third-order valence-corrected chi connectivity index (χ3v) is 10.3. The van der Waals surface area contributed by atoms with E-state index < -0.39 is 24.3 Å². The number of hydrogen-bond donors (Lipinski definition) is 4. The highest BCUT2D eigenvalue weighted by Crippen LogP contribution is 2.65. The van der Waals surface area contributed by atoms with Gasteiger partial charge in [-0.3, -0.25) is 10.3 Å². The van der Waals surface area contributed by atoms with E-state index in [4.69, 9.17) is 19.8 Å². The molecule has 0 aromatic heterocycles. The Morgan fingerprint density at radius 1 is 0.714 bits per heavy atom. The van der Waals surface area contributed by atoms with Gasteiger partial charge in [-0.1, -0.05) is 88.3 Å². The summed E-state index contributed by atoms with van der Waals surface area (Å²) in [6, 6.07) is 0. The second kappa shape index (κ2) is 12.9. The van der Waals surface area contributed by atoms with Gasteiger partial charge in [0.05, 0.1) is 11.1 Å². The predicted octanol–water partition coefficient (Wildman–Crippen LogP) is 6.78. The summed E-state index contributed by atoms with van der Waals surface area (Å²) >= 11 is 0. The topological polar surface area (TPSA) is 167 Å².